The largest absolute Gasteiger partial charge is 0.487 e. The number of hydrogen-bond acceptors (Lipinski definition) is 8. The van der Waals surface area contributed by atoms with Crippen LogP contribution in [0.2, 0.25) is 5.02 Å². The summed E-state index contributed by atoms with van der Waals surface area (Å²) in [5.41, 5.74) is 2.97. The molecule has 0 saturated heterocycles. The molecule has 0 aliphatic carbocycles. The van der Waals surface area contributed by atoms with E-state index in [4.69, 9.17) is 16.3 Å². The lowest BCUT2D eigenvalue weighted by molar-refractivity contribution is -0.126. The van der Waals surface area contributed by atoms with E-state index in [0.717, 1.165) is 45.1 Å². The van der Waals surface area contributed by atoms with Crippen molar-refractivity contribution < 1.29 is 9.53 Å². The van der Waals surface area contributed by atoms with E-state index in [9.17, 15) is 4.79 Å². The Bertz CT molecular complexity index is 1440. The number of carbonyl (C=O) groups is 1. The number of halogens is 1. The van der Waals surface area contributed by atoms with E-state index < -0.39 is 0 Å². The van der Waals surface area contributed by atoms with Gasteiger partial charge < -0.3 is 19.9 Å². The number of nitrogens with zero attached hydrogens (tertiary/aromatic N) is 5. The number of amides is 1. The summed E-state index contributed by atoms with van der Waals surface area (Å²) in [6.07, 6.45) is 9.38. The Morgan fingerprint density at radius 2 is 2.19 bits per heavy atom. The van der Waals surface area contributed by atoms with Crippen molar-refractivity contribution >= 4 is 50.6 Å². The summed E-state index contributed by atoms with van der Waals surface area (Å²) < 4.78 is 5.86. The van der Waals surface area contributed by atoms with Crippen LogP contribution in [0.15, 0.2) is 61.2 Å². The second kappa shape index (κ2) is 11.2. The molecule has 3 aromatic heterocycles. The van der Waals surface area contributed by atoms with Crippen LogP contribution in [-0.4, -0.2) is 57.8 Å². The molecule has 4 heterocycles. The summed E-state index contributed by atoms with van der Waals surface area (Å²) in [5.74, 6) is 1.37. The van der Waals surface area contributed by atoms with Crippen LogP contribution in [-0.2, 0) is 24.4 Å². The highest BCUT2D eigenvalue weighted by Gasteiger charge is 2.25. The van der Waals surface area contributed by atoms with E-state index in [2.05, 4.69) is 20.3 Å². The lowest BCUT2D eigenvalue weighted by Crippen LogP contribution is -2.34. The molecule has 0 saturated carbocycles. The molecule has 0 atom stereocenters. The average molecular weight is 535 g/mol. The number of ether oxygens (including phenoxy) is 1. The van der Waals surface area contributed by atoms with E-state index in [1.807, 2.05) is 60.3 Å². The number of rotatable bonds is 8. The number of anilines is 2. The number of hydrogen-bond donors (Lipinski definition) is 1. The maximum atomic E-state index is 12.7. The summed E-state index contributed by atoms with van der Waals surface area (Å²) in [6.45, 7) is 2.36. The van der Waals surface area contributed by atoms with E-state index in [1.165, 1.54) is 5.56 Å². The van der Waals surface area contributed by atoms with Gasteiger partial charge in [0.1, 0.15) is 29.3 Å². The first-order valence-electron chi connectivity index (χ1n) is 11.9. The fourth-order valence-electron chi connectivity index (χ4n) is 4.16. The minimum absolute atomic E-state index is 0.0369. The smallest absolute Gasteiger partial charge is 0.246 e. The van der Waals surface area contributed by atoms with E-state index >= 15 is 0 Å². The molecule has 5 rings (SSSR count). The average Bonchev–Trinajstić information content (AvgIpc) is 3.27. The zero-order valence-electron chi connectivity index (χ0n) is 20.6. The molecule has 1 aliphatic heterocycles. The van der Waals surface area contributed by atoms with Gasteiger partial charge in [-0.3, -0.25) is 9.78 Å². The second-order valence-corrected chi connectivity index (χ2v) is 10.5. The Labute approximate surface area is 224 Å². The fourth-order valence-corrected chi connectivity index (χ4v) is 5.60. The van der Waals surface area contributed by atoms with Gasteiger partial charge in [-0.15, -0.1) is 11.3 Å². The van der Waals surface area contributed by atoms with Crippen LogP contribution in [0, 0.1) is 0 Å². The molecule has 1 aliphatic rings. The van der Waals surface area contributed by atoms with Crippen LogP contribution in [0.3, 0.4) is 0 Å². The fraction of sp³-hybridized carbons (Fsp3) is 0.259. The normalized spacial score (nSPS) is 13.4. The molecule has 1 N–H and O–H groups in total. The maximum absolute atomic E-state index is 12.7. The van der Waals surface area contributed by atoms with E-state index in [-0.39, 0.29) is 5.91 Å². The molecule has 1 amide bonds. The summed E-state index contributed by atoms with van der Waals surface area (Å²) in [6, 6.07) is 9.41. The van der Waals surface area contributed by atoms with Gasteiger partial charge in [0, 0.05) is 47.7 Å². The van der Waals surface area contributed by atoms with Gasteiger partial charge in [0.05, 0.1) is 17.0 Å². The third-order valence-corrected chi connectivity index (χ3v) is 7.41. The van der Waals surface area contributed by atoms with Gasteiger partial charge in [0.15, 0.2) is 0 Å². The highest BCUT2D eigenvalue weighted by atomic mass is 35.5. The second-order valence-electron chi connectivity index (χ2n) is 9.00. The van der Waals surface area contributed by atoms with Crippen molar-refractivity contribution in [3.63, 3.8) is 0 Å². The number of fused-ring (bicyclic) bond motifs is 3. The molecule has 190 valence electrons. The number of benzene rings is 1. The predicted molar refractivity (Wildman–Crippen MR) is 148 cm³/mol. The monoisotopic (exact) mass is 534 g/mol. The van der Waals surface area contributed by atoms with Crippen molar-refractivity contribution in [2.75, 3.05) is 32.5 Å². The Morgan fingerprint density at radius 1 is 1.30 bits per heavy atom. The summed E-state index contributed by atoms with van der Waals surface area (Å²) in [7, 11) is 3.96. The lowest BCUT2D eigenvalue weighted by Gasteiger charge is -2.26. The third kappa shape index (κ3) is 5.90. The molecule has 37 heavy (non-hydrogen) atoms. The Hall–Kier alpha value is -3.53. The van der Waals surface area contributed by atoms with Crippen molar-refractivity contribution in [3.8, 4) is 5.75 Å². The zero-order chi connectivity index (χ0) is 25.8. The minimum Gasteiger partial charge on any atom is -0.487 e. The highest BCUT2D eigenvalue weighted by molar-refractivity contribution is 7.19. The molecular weight excluding hydrogens is 508 g/mol. The first kappa shape index (κ1) is 25.1. The van der Waals surface area contributed by atoms with Crippen LogP contribution in [0.1, 0.15) is 16.0 Å². The Morgan fingerprint density at radius 3 is 2.97 bits per heavy atom. The molecule has 0 radical (unpaired) electrons. The molecule has 0 unspecified atom stereocenters. The van der Waals surface area contributed by atoms with Crippen LogP contribution in [0.4, 0.5) is 11.5 Å². The van der Waals surface area contributed by atoms with Crippen LogP contribution < -0.4 is 10.1 Å². The van der Waals surface area contributed by atoms with Crippen LogP contribution in [0.25, 0.3) is 10.2 Å². The number of pyridine rings is 1. The van der Waals surface area contributed by atoms with Gasteiger partial charge in [-0.2, -0.15) is 0 Å². The number of aromatic nitrogens is 3. The Kier molecular flexibility index (Phi) is 7.64. The number of nitrogens with one attached hydrogen (secondary N) is 1. The molecule has 1 aromatic carbocycles. The predicted octanol–water partition coefficient (Wildman–Crippen LogP) is 5.06. The van der Waals surface area contributed by atoms with Gasteiger partial charge in [-0.05, 0) is 50.3 Å². The summed E-state index contributed by atoms with van der Waals surface area (Å²) in [4.78, 5) is 31.8. The first-order chi connectivity index (χ1) is 18.0. The maximum Gasteiger partial charge on any atom is 0.246 e. The molecule has 4 aromatic rings. The van der Waals surface area contributed by atoms with Crippen molar-refractivity contribution in [1.82, 2.24) is 24.8 Å². The van der Waals surface area contributed by atoms with E-state index in [0.29, 0.717) is 30.5 Å². The number of carbonyl (C=O) groups excluding carboxylic acids is 1. The summed E-state index contributed by atoms with van der Waals surface area (Å²) >= 11 is 8.13. The van der Waals surface area contributed by atoms with Gasteiger partial charge >= 0.3 is 0 Å². The topological polar surface area (TPSA) is 83.5 Å². The molecular formula is C27H27ClN6O2S. The van der Waals surface area contributed by atoms with Crippen LogP contribution in [0.5, 0.6) is 5.75 Å². The van der Waals surface area contributed by atoms with Crippen molar-refractivity contribution in [2.24, 2.45) is 0 Å². The first-order valence-corrected chi connectivity index (χ1v) is 13.1. The zero-order valence-corrected chi connectivity index (χ0v) is 22.2. The highest BCUT2D eigenvalue weighted by Crippen LogP contribution is 2.38. The molecule has 0 bridgehead atoms. The van der Waals surface area contributed by atoms with Gasteiger partial charge in [-0.1, -0.05) is 23.7 Å². The SMILES string of the molecule is CN(C)CC=CC(=O)N1CCc2c(sc3ncnc(Nc4ccc(OCc5cccnc5)c(Cl)c4)c23)C1. The van der Waals surface area contributed by atoms with Gasteiger partial charge in [-0.25, -0.2) is 9.97 Å². The quantitative estimate of drug-likeness (QED) is 0.316. The number of likely N-dealkylation sites (N-methyl/N-ethyl adjacent to an activating group) is 1. The van der Waals surface area contributed by atoms with E-state index in [1.54, 1.807) is 36.1 Å². The standard InChI is InChI=1S/C27H27ClN6O2S/c1-33(2)11-4-6-24(35)34-12-9-20-23(15-34)37-27-25(20)26(30-17-31-27)32-19-7-8-22(21(28)13-19)36-16-18-5-3-10-29-14-18/h3-8,10,13-14,17H,9,11-12,15-16H2,1-2H3,(H,30,31,32). The van der Waals surface area contributed by atoms with Crippen molar-refractivity contribution in [3.05, 3.63) is 82.2 Å². The summed E-state index contributed by atoms with van der Waals surface area (Å²) in [5, 5.41) is 4.91. The third-order valence-electron chi connectivity index (χ3n) is 5.99. The molecule has 0 fully saturated rings. The van der Waals surface area contributed by atoms with Gasteiger partial charge in [0.2, 0.25) is 5.91 Å². The Balaban J connectivity index is 1.31. The van der Waals surface area contributed by atoms with Crippen LogP contribution >= 0.6 is 22.9 Å². The molecule has 10 heteroatoms. The van der Waals surface area contributed by atoms with Crippen molar-refractivity contribution in [2.45, 2.75) is 19.6 Å². The lowest BCUT2D eigenvalue weighted by atomic mass is 10.0. The molecule has 0 spiro atoms. The van der Waals surface area contributed by atoms with Gasteiger partial charge in [0.25, 0.3) is 0 Å². The van der Waals surface area contributed by atoms with Crippen molar-refractivity contribution in [1.29, 1.82) is 0 Å². The molecule has 8 nitrogen and oxygen atoms in total. The minimum atomic E-state index is 0.0369. The number of thiophene rings is 1.